The van der Waals surface area contributed by atoms with Crippen LogP contribution in [0.25, 0.3) is 10.9 Å². The second-order valence-corrected chi connectivity index (χ2v) is 15.0. The van der Waals surface area contributed by atoms with E-state index in [2.05, 4.69) is 56.0 Å². The summed E-state index contributed by atoms with van der Waals surface area (Å²) in [6, 6.07) is 4.30. The van der Waals surface area contributed by atoms with E-state index in [0.717, 1.165) is 67.1 Å². The molecule has 1 fully saturated rings. The highest BCUT2D eigenvalue weighted by Gasteiger charge is 2.37. The number of ether oxygens (including phenoxy) is 1. The fraction of sp³-hybridized carbons (Fsp3) is 0.696. The maximum atomic E-state index is 6.48. The molecule has 1 aromatic carbocycles. The zero-order valence-electron chi connectivity index (χ0n) is 19.9. The number of aromatic nitrogens is 2. The summed E-state index contributed by atoms with van der Waals surface area (Å²) in [5, 5.41) is 6.08. The molecule has 30 heavy (non-hydrogen) atoms. The molecule has 0 saturated carbocycles. The first-order chi connectivity index (χ1) is 14.0. The number of nitrogen functional groups attached to an aromatic ring is 1. The van der Waals surface area contributed by atoms with E-state index in [4.69, 9.17) is 14.9 Å². The number of fused-ring (bicyclic) bond motifs is 1. The zero-order valence-corrected chi connectivity index (χ0v) is 20.9. The summed E-state index contributed by atoms with van der Waals surface area (Å²) in [4.78, 5) is 2.43. The van der Waals surface area contributed by atoms with Gasteiger partial charge in [-0.2, -0.15) is 5.10 Å². The second-order valence-electron chi connectivity index (χ2n) is 10.2. The SMILES string of the molecule is COCCn1nc(C)c2cc(N)c(N3CCC(CO[Si](C)(C)C(C)(C)C)CC3)cc21. The van der Waals surface area contributed by atoms with E-state index in [1.807, 2.05) is 11.6 Å². The summed E-state index contributed by atoms with van der Waals surface area (Å²) in [5.74, 6) is 0.634. The first kappa shape index (κ1) is 23.1. The van der Waals surface area contributed by atoms with Crippen LogP contribution in [0, 0.1) is 12.8 Å². The summed E-state index contributed by atoms with van der Waals surface area (Å²) in [5.41, 5.74) is 10.6. The number of aryl methyl sites for hydroxylation is 1. The monoisotopic (exact) mass is 432 g/mol. The Bertz CT molecular complexity index is 864. The van der Waals surface area contributed by atoms with Gasteiger partial charge in [-0.3, -0.25) is 4.68 Å². The normalized spacial score (nSPS) is 16.6. The standard InChI is InChI=1S/C23H40N4O2Si/c1-17-19-14-20(24)22(15-21(19)27(25-17)12-13-28-5)26-10-8-18(9-11-26)16-29-30(6,7)23(2,3)4/h14-15,18H,8-13,16,24H2,1-7H3. The molecule has 1 aliphatic heterocycles. The van der Waals surface area contributed by atoms with Crippen molar-refractivity contribution in [3.05, 3.63) is 17.8 Å². The molecule has 0 atom stereocenters. The van der Waals surface area contributed by atoms with E-state index in [1.54, 1.807) is 7.11 Å². The average Bonchev–Trinajstić information content (AvgIpc) is 2.98. The van der Waals surface area contributed by atoms with Crippen LogP contribution >= 0.6 is 0 Å². The van der Waals surface area contributed by atoms with Crippen LogP contribution in [0.3, 0.4) is 0 Å². The molecule has 2 heterocycles. The maximum absolute atomic E-state index is 6.48. The van der Waals surface area contributed by atoms with Crippen LogP contribution < -0.4 is 10.6 Å². The minimum atomic E-state index is -1.68. The Morgan fingerprint density at radius 3 is 2.47 bits per heavy atom. The zero-order chi connectivity index (χ0) is 22.1. The van der Waals surface area contributed by atoms with Crippen LogP contribution in [0.15, 0.2) is 12.1 Å². The van der Waals surface area contributed by atoms with Gasteiger partial charge in [0, 0.05) is 32.2 Å². The summed E-state index contributed by atoms with van der Waals surface area (Å²) in [6.07, 6.45) is 2.29. The first-order valence-corrected chi connectivity index (χ1v) is 14.1. The van der Waals surface area contributed by atoms with E-state index in [9.17, 15) is 0 Å². The molecule has 1 aromatic heterocycles. The number of piperidine rings is 1. The van der Waals surface area contributed by atoms with Gasteiger partial charge in [-0.25, -0.2) is 0 Å². The van der Waals surface area contributed by atoms with Crippen LogP contribution in [-0.2, 0) is 15.7 Å². The van der Waals surface area contributed by atoms with E-state index in [-0.39, 0.29) is 5.04 Å². The van der Waals surface area contributed by atoms with Gasteiger partial charge in [0.25, 0.3) is 0 Å². The predicted molar refractivity (Wildman–Crippen MR) is 129 cm³/mol. The van der Waals surface area contributed by atoms with Crippen molar-refractivity contribution in [2.75, 3.05) is 44.0 Å². The lowest BCUT2D eigenvalue weighted by molar-refractivity contribution is 0.185. The molecule has 0 spiro atoms. The van der Waals surface area contributed by atoms with E-state index in [0.29, 0.717) is 12.5 Å². The Hall–Kier alpha value is -1.57. The van der Waals surface area contributed by atoms with Crippen molar-refractivity contribution in [2.24, 2.45) is 5.92 Å². The molecular formula is C23H40N4O2Si. The fourth-order valence-electron chi connectivity index (χ4n) is 3.89. The van der Waals surface area contributed by atoms with Gasteiger partial charge in [-0.05, 0) is 55.9 Å². The van der Waals surface area contributed by atoms with Crippen molar-refractivity contribution in [2.45, 2.75) is 65.2 Å². The molecule has 7 heteroatoms. The van der Waals surface area contributed by atoms with E-state index < -0.39 is 8.32 Å². The van der Waals surface area contributed by atoms with Crippen LogP contribution in [0.5, 0.6) is 0 Å². The van der Waals surface area contributed by atoms with Crippen LogP contribution in [0.2, 0.25) is 18.1 Å². The molecule has 0 amide bonds. The third-order valence-corrected chi connectivity index (χ3v) is 11.5. The Morgan fingerprint density at radius 1 is 1.20 bits per heavy atom. The van der Waals surface area contributed by atoms with Gasteiger partial charge >= 0.3 is 0 Å². The first-order valence-electron chi connectivity index (χ1n) is 11.2. The number of methoxy groups -OCH3 is 1. The molecule has 0 radical (unpaired) electrons. The van der Waals surface area contributed by atoms with Crippen LogP contribution in [0.4, 0.5) is 11.4 Å². The number of benzene rings is 1. The van der Waals surface area contributed by atoms with Crippen molar-refractivity contribution in [1.82, 2.24) is 9.78 Å². The topological polar surface area (TPSA) is 65.5 Å². The predicted octanol–water partition coefficient (Wildman–Crippen LogP) is 4.81. The smallest absolute Gasteiger partial charge is 0.191 e. The molecule has 168 valence electrons. The number of anilines is 2. The van der Waals surface area contributed by atoms with Gasteiger partial charge < -0.3 is 19.8 Å². The molecular weight excluding hydrogens is 392 g/mol. The van der Waals surface area contributed by atoms with Crippen LogP contribution in [0.1, 0.15) is 39.3 Å². The van der Waals surface area contributed by atoms with Gasteiger partial charge in [0.05, 0.1) is 35.7 Å². The van der Waals surface area contributed by atoms with Gasteiger partial charge in [0.15, 0.2) is 8.32 Å². The summed E-state index contributed by atoms with van der Waals surface area (Å²) in [6.45, 7) is 18.0. The van der Waals surface area contributed by atoms with Crippen molar-refractivity contribution >= 4 is 30.6 Å². The highest BCUT2D eigenvalue weighted by atomic mass is 28.4. The van der Waals surface area contributed by atoms with Gasteiger partial charge in [0.1, 0.15) is 0 Å². The fourth-order valence-corrected chi connectivity index (χ4v) is 4.98. The molecule has 1 aliphatic rings. The third kappa shape index (κ3) is 4.84. The molecule has 0 aliphatic carbocycles. The highest BCUT2D eigenvalue weighted by Crippen LogP contribution is 2.38. The summed E-state index contributed by atoms with van der Waals surface area (Å²) >= 11 is 0. The number of hydrogen-bond acceptors (Lipinski definition) is 5. The quantitative estimate of drug-likeness (QED) is 0.502. The summed E-state index contributed by atoms with van der Waals surface area (Å²) < 4.78 is 13.8. The summed E-state index contributed by atoms with van der Waals surface area (Å²) in [7, 11) is 0.0451. The largest absolute Gasteiger partial charge is 0.417 e. The number of nitrogens with two attached hydrogens (primary N) is 1. The van der Waals surface area contributed by atoms with Crippen molar-refractivity contribution in [1.29, 1.82) is 0 Å². The van der Waals surface area contributed by atoms with Crippen molar-refractivity contribution in [3.8, 4) is 0 Å². The molecule has 3 rings (SSSR count). The second kappa shape index (κ2) is 8.89. The third-order valence-electron chi connectivity index (χ3n) is 7.03. The molecule has 1 saturated heterocycles. The molecule has 0 bridgehead atoms. The lowest BCUT2D eigenvalue weighted by Crippen LogP contribution is -2.43. The van der Waals surface area contributed by atoms with E-state index >= 15 is 0 Å². The van der Waals surface area contributed by atoms with Crippen molar-refractivity contribution < 1.29 is 9.16 Å². The lowest BCUT2D eigenvalue weighted by Gasteiger charge is -2.39. The Balaban J connectivity index is 1.68. The Kier molecular flexibility index (Phi) is 6.84. The van der Waals surface area contributed by atoms with Crippen molar-refractivity contribution in [3.63, 3.8) is 0 Å². The average molecular weight is 433 g/mol. The van der Waals surface area contributed by atoms with Gasteiger partial charge in [-0.1, -0.05) is 20.8 Å². The minimum absolute atomic E-state index is 0.265. The highest BCUT2D eigenvalue weighted by molar-refractivity contribution is 6.74. The molecule has 2 aromatic rings. The number of rotatable bonds is 7. The lowest BCUT2D eigenvalue weighted by atomic mass is 9.97. The van der Waals surface area contributed by atoms with Crippen LogP contribution in [-0.4, -0.2) is 51.5 Å². The minimum Gasteiger partial charge on any atom is -0.417 e. The molecule has 2 N–H and O–H groups in total. The Labute approximate surface area is 182 Å². The number of hydrogen-bond donors (Lipinski definition) is 1. The maximum Gasteiger partial charge on any atom is 0.191 e. The van der Waals surface area contributed by atoms with Gasteiger partial charge in [0.2, 0.25) is 0 Å². The molecule has 0 unspecified atom stereocenters. The molecule has 6 nitrogen and oxygen atoms in total. The van der Waals surface area contributed by atoms with E-state index in [1.165, 1.54) is 0 Å². The van der Waals surface area contributed by atoms with Gasteiger partial charge in [-0.15, -0.1) is 0 Å². The number of nitrogens with zero attached hydrogens (tertiary/aromatic N) is 3. The Morgan fingerprint density at radius 2 is 1.87 bits per heavy atom.